The van der Waals surface area contributed by atoms with E-state index in [1.807, 2.05) is 35.0 Å². The molecule has 1 saturated carbocycles. The van der Waals surface area contributed by atoms with Crippen LogP contribution in [0.2, 0.25) is 0 Å². The van der Waals surface area contributed by atoms with Gasteiger partial charge in [0.1, 0.15) is 5.69 Å². The molecular weight excluding hydrogens is 416 g/mol. The van der Waals surface area contributed by atoms with Crippen LogP contribution >= 0.6 is 0 Å². The van der Waals surface area contributed by atoms with Gasteiger partial charge in [-0.05, 0) is 76.5 Å². The highest BCUT2D eigenvalue weighted by atomic mass is 16.4. The number of carbonyl (C=O) groups is 1. The zero-order valence-electron chi connectivity index (χ0n) is 20.0. The molecule has 176 valence electrons. The number of nitrogens with one attached hydrogen (secondary N) is 1. The van der Waals surface area contributed by atoms with Crippen molar-refractivity contribution in [2.24, 2.45) is 0 Å². The van der Waals surface area contributed by atoms with Gasteiger partial charge in [0.05, 0.1) is 5.69 Å². The van der Waals surface area contributed by atoms with Crippen LogP contribution in [0, 0.1) is 6.92 Å². The molecule has 1 aromatic carbocycles. The number of aryl methyl sites for hydroxylation is 1. The van der Waals surface area contributed by atoms with Crippen LogP contribution in [0.15, 0.2) is 34.7 Å². The first kappa shape index (κ1) is 23.2. The topological polar surface area (TPSA) is 89.1 Å². The fourth-order valence-electron chi connectivity index (χ4n) is 4.10. The standard InChI is InChI=1S/C25H34N6O2/c1-5-30(6-2)14-8-9-17(3)26-24(32)20-10-7-11-21(15-20)31-23(19-12-13-19)16-22(29-31)25-28-27-18(4)33-25/h7,10-11,15-17,19H,5-6,8-9,12-14H2,1-4H3,(H,26,32)/t17-/m1/s1. The number of nitrogens with zero attached hydrogens (tertiary/aromatic N) is 5. The molecule has 1 aliphatic carbocycles. The number of amides is 1. The van der Waals surface area contributed by atoms with E-state index in [1.165, 1.54) is 0 Å². The van der Waals surface area contributed by atoms with Crippen LogP contribution in [-0.4, -0.2) is 56.5 Å². The fraction of sp³-hybridized carbons (Fsp3) is 0.520. The number of aromatic nitrogens is 4. The minimum Gasteiger partial charge on any atom is -0.420 e. The number of hydrogen-bond acceptors (Lipinski definition) is 6. The van der Waals surface area contributed by atoms with Crippen molar-refractivity contribution in [3.05, 3.63) is 47.5 Å². The van der Waals surface area contributed by atoms with Gasteiger partial charge in [-0.25, -0.2) is 4.68 Å². The molecule has 0 spiro atoms. The second-order valence-electron chi connectivity index (χ2n) is 8.86. The maximum atomic E-state index is 12.9. The lowest BCUT2D eigenvalue weighted by molar-refractivity contribution is 0.0937. The largest absolute Gasteiger partial charge is 0.420 e. The summed E-state index contributed by atoms with van der Waals surface area (Å²) < 4.78 is 7.49. The smallest absolute Gasteiger partial charge is 0.268 e. The highest BCUT2D eigenvalue weighted by Crippen LogP contribution is 2.42. The summed E-state index contributed by atoms with van der Waals surface area (Å²) in [6.45, 7) is 11.4. The summed E-state index contributed by atoms with van der Waals surface area (Å²) in [7, 11) is 0. The summed E-state index contributed by atoms with van der Waals surface area (Å²) >= 11 is 0. The van der Waals surface area contributed by atoms with E-state index in [-0.39, 0.29) is 11.9 Å². The predicted molar refractivity (Wildman–Crippen MR) is 128 cm³/mol. The first-order valence-corrected chi connectivity index (χ1v) is 12.0. The Bertz CT molecular complexity index is 1080. The molecule has 8 nitrogen and oxygen atoms in total. The van der Waals surface area contributed by atoms with Gasteiger partial charge in [0.2, 0.25) is 5.89 Å². The summed E-state index contributed by atoms with van der Waals surface area (Å²) in [6.07, 6.45) is 4.30. The Morgan fingerprint density at radius 1 is 1.24 bits per heavy atom. The maximum absolute atomic E-state index is 12.9. The minimum absolute atomic E-state index is 0.0555. The van der Waals surface area contributed by atoms with E-state index >= 15 is 0 Å². The second-order valence-corrected chi connectivity index (χ2v) is 8.86. The lowest BCUT2D eigenvalue weighted by atomic mass is 10.1. The van der Waals surface area contributed by atoms with Crippen molar-refractivity contribution in [1.82, 2.24) is 30.2 Å². The van der Waals surface area contributed by atoms with Gasteiger partial charge in [0.25, 0.3) is 11.8 Å². The van der Waals surface area contributed by atoms with Crippen molar-refractivity contribution >= 4 is 5.91 Å². The van der Waals surface area contributed by atoms with Crippen molar-refractivity contribution in [2.75, 3.05) is 19.6 Å². The zero-order chi connectivity index (χ0) is 23.4. The zero-order valence-corrected chi connectivity index (χ0v) is 20.0. The van der Waals surface area contributed by atoms with Crippen LogP contribution in [-0.2, 0) is 0 Å². The molecule has 1 aliphatic rings. The second kappa shape index (κ2) is 10.3. The molecule has 1 fully saturated rings. The number of rotatable bonds is 11. The van der Waals surface area contributed by atoms with E-state index < -0.39 is 0 Å². The van der Waals surface area contributed by atoms with E-state index in [0.29, 0.717) is 29.0 Å². The third-order valence-corrected chi connectivity index (χ3v) is 6.21. The van der Waals surface area contributed by atoms with Gasteiger partial charge in [-0.15, -0.1) is 10.2 Å². The molecule has 33 heavy (non-hydrogen) atoms. The van der Waals surface area contributed by atoms with Crippen LogP contribution in [0.5, 0.6) is 0 Å². The van der Waals surface area contributed by atoms with Gasteiger partial charge >= 0.3 is 0 Å². The summed E-state index contributed by atoms with van der Waals surface area (Å²) in [5, 5.41) is 15.9. The highest BCUT2D eigenvalue weighted by Gasteiger charge is 2.30. The van der Waals surface area contributed by atoms with Crippen molar-refractivity contribution in [3.63, 3.8) is 0 Å². The minimum atomic E-state index is -0.0555. The molecule has 3 aromatic rings. The van der Waals surface area contributed by atoms with E-state index in [0.717, 1.165) is 56.7 Å². The molecule has 2 aromatic heterocycles. The van der Waals surface area contributed by atoms with Crippen LogP contribution in [0.25, 0.3) is 17.3 Å². The van der Waals surface area contributed by atoms with Gasteiger partial charge in [-0.1, -0.05) is 19.9 Å². The van der Waals surface area contributed by atoms with Crippen LogP contribution in [0.1, 0.15) is 74.3 Å². The first-order valence-electron chi connectivity index (χ1n) is 12.0. The Labute approximate surface area is 195 Å². The molecule has 0 radical (unpaired) electrons. The Morgan fingerprint density at radius 3 is 2.70 bits per heavy atom. The third kappa shape index (κ3) is 5.68. The van der Waals surface area contributed by atoms with Crippen LogP contribution in [0.4, 0.5) is 0 Å². The van der Waals surface area contributed by atoms with Gasteiger partial charge in [-0.3, -0.25) is 4.79 Å². The van der Waals surface area contributed by atoms with E-state index in [4.69, 9.17) is 9.52 Å². The van der Waals surface area contributed by atoms with E-state index in [1.54, 1.807) is 6.92 Å². The fourth-order valence-corrected chi connectivity index (χ4v) is 4.10. The molecule has 1 N–H and O–H groups in total. The van der Waals surface area contributed by atoms with Crippen molar-refractivity contribution in [1.29, 1.82) is 0 Å². The van der Waals surface area contributed by atoms with Crippen LogP contribution in [0.3, 0.4) is 0 Å². The van der Waals surface area contributed by atoms with Crippen molar-refractivity contribution in [3.8, 4) is 17.3 Å². The lowest BCUT2D eigenvalue weighted by Crippen LogP contribution is -2.33. The molecule has 4 rings (SSSR count). The lowest BCUT2D eigenvalue weighted by Gasteiger charge is -2.20. The van der Waals surface area contributed by atoms with Gasteiger partial charge < -0.3 is 14.6 Å². The Hall–Kier alpha value is -3.00. The normalized spacial score (nSPS) is 14.6. The highest BCUT2D eigenvalue weighted by molar-refractivity contribution is 5.94. The number of benzene rings is 1. The number of hydrogen-bond donors (Lipinski definition) is 1. The number of carbonyl (C=O) groups excluding carboxylic acids is 1. The van der Waals surface area contributed by atoms with E-state index in [9.17, 15) is 4.79 Å². The molecule has 8 heteroatoms. The SMILES string of the molecule is CCN(CC)CCC[C@@H](C)NC(=O)c1cccc(-n2nc(-c3nnc(C)o3)cc2C2CC2)c1. The first-order chi connectivity index (χ1) is 16.0. The molecular formula is C25H34N6O2. The molecule has 2 heterocycles. The van der Waals surface area contributed by atoms with Crippen molar-refractivity contribution in [2.45, 2.75) is 65.3 Å². The van der Waals surface area contributed by atoms with Crippen molar-refractivity contribution < 1.29 is 9.21 Å². The van der Waals surface area contributed by atoms with Gasteiger partial charge in [0.15, 0.2) is 0 Å². The molecule has 0 bridgehead atoms. The molecule has 0 saturated heterocycles. The Kier molecular flexibility index (Phi) is 7.23. The van der Waals surface area contributed by atoms with Gasteiger partial charge in [0, 0.05) is 30.1 Å². The van der Waals surface area contributed by atoms with E-state index in [2.05, 4.69) is 41.2 Å². The monoisotopic (exact) mass is 450 g/mol. The molecule has 0 unspecified atom stereocenters. The van der Waals surface area contributed by atoms with Gasteiger partial charge in [-0.2, -0.15) is 5.10 Å². The van der Waals surface area contributed by atoms with Crippen LogP contribution < -0.4 is 5.32 Å². The summed E-state index contributed by atoms with van der Waals surface area (Å²) in [4.78, 5) is 15.3. The third-order valence-electron chi connectivity index (χ3n) is 6.21. The predicted octanol–water partition coefficient (Wildman–Crippen LogP) is 4.35. The average molecular weight is 451 g/mol. The quantitative estimate of drug-likeness (QED) is 0.467. The summed E-state index contributed by atoms with van der Waals surface area (Å²) in [5.74, 6) is 1.34. The Morgan fingerprint density at radius 2 is 2.03 bits per heavy atom. The molecule has 1 amide bonds. The summed E-state index contributed by atoms with van der Waals surface area (Å²) in [6, 6.07) is 9.78. The summed E-state index contributed by atoms with van der Waals surface area (Å²) in [5.41, 5.74) is 3.27. The molecule has 1 atom stereocenters. The average Bonchev–Trinajstić information content (AvgIpc) is 3.41. The Balaban J connectivity index is 1.46. The maximum Gasteiger partial charge on any atom is 0.268 e. The molecule has 0 aliphatic heterocycles.